The number of hydrogen-bond acceptors (Lipinski definition) is 3. The van der Waals surface area contributed by atoms with Crippen molar-refractivity contribution in [1.82, 2.24) is 0 Å². The Bertz CT molecular complexity index is 423. The Labute approximate surface area is 92.8 Å². The van der Waals surface area contributed by atoms with E-state index >= 15 is 0 Å². The van der Waals surface area contributed by atoms with Crippen molar-refractivity contribution >= 4 is 11.3 Å². The minimum absolute atomic E-state index is 0.604. The first-order valence-electron chi connectivity index (χ1n) is 4.66. The van der Waals surface area contributed by atoms with Gasteiger partial charge in [0.2, 0.25) is 0 Å². The van der Waals surface area contributed by atoms with Crippen LogP contribution in [0.3, 0.4) is 0 Å². The summed E-state index contributed by atoms with van der Waals surface area (Å²) < 4.78 is 5.21. The molecule has 0 radical (unpaired) electrons. The van der Waals surface area contributed by atoms with Crippen molar-refractivity contribution in [2.24, 2.45) is 0 Å². The molecule has 1 aromatic heterocycles. The minimum atomic E-state index is -0.604. The summed E-state index contributed by atoms with van der Waals surface area (Å²) in [6, 6.07) is 9.43. The average Bonchev–Trinajstić information content (AvgIpc) is 2.81. The Hall–Kier alpha value is -1.32. The second-order valence-electron chi connectivity index (χ2n) is 3.20. The number of aliphatic hydroxyl groups is 1. The number of para-hydroxylation sites is 1. The first-order chi connectivity index (χ1) is 7.33. The quantitative estimate of drug-likeness (QED) is 0.861. The third-order valence-corrected chi connectivity index (χ3v) is 2.99. The van der Waals surface area contributed by atoms with Crippen molar-refractivity contribution in [3.05, 3.63) is 52.2 Å². The van der Waals surface area contributed by atoms with Gasteiger partial charge in [0, 0.05) is 5.56 Å². The number of aliphatic hydroxyl groups excluding tert-OH is 1. The molecule has 1 heterocycles. The van der Waals surface area contributed by atoms with Gasteiger partial charge in [-0.2, -0.15) is 11.3 Å². The van der Waals surface area contributed by atoms with Gasteiger partial charge in [-0.3, -0.25) is 0 Å². The summed E-state index contributed by atoms with van der Waals surface area (Å²) in [5.41, 5.74) is 1.71. The van der Waals surface area contributed by atoms with E-state index in [0.717, 1.165) is 16.9 Å². The van der Waals surface area contributed by atoms with Crippen LogP contribution < -0.4 is 4.74 Å². The molecule has 78 valence electrons. The maximum atomic E-state index is 10.1. The van der Waals surface area contributed by atoms with Gasteiger partial charge in [0.25, 0.3) is 0 Å². The highest BCUT2D eigenvalue weighted by atomic mass is 32.1. The van der Waals surface area contributed by atoms with Gasteiger partial charge in [-0.15, -0.1) is 0 Å². The molecule has 0 saturated heterocycles. The highest BCUT2D eigenvalue weighted by molar-refractivity contribution is 7.07. The SMILES string of the molecule is COc1ccccc1C(O)c1ccsc1. The highest BCUT2D eigenvalue weighted by Gasteiger charge is 2.14. The van der Waals surface area contributed by atoms with E-state index in [1.165, 1.54) is 0 Å². The van der Waals surface area contributed by atoms with E-state index in [0.29, 0.717) is 0 Å². The lowest BCUT2D eigenvalue weighted by Gasteiger charge is -2.13. The summed E-state index contributed by atoms with van der Waals surface area (Å²) in [6.07, 6.45) is -0.604. The van der Waals surface area contributed by atoms with Crippen LogP contribution in [-0.2, 0) is 0 Å². The molecule has 2 nitrogen and oxygen atoms in total. The van der Waals surface area contributed by atoms with Crippen LogP contribution in [0, 0.1) is 0 Å². The molecule has 0 aliphatic rings. The van der Waals surface area contributed by atoms with Crippen LogP contribution in [0.4, 0.5) is 0 Å². The number of methoxy groups -OCH3 is 1. The molecule has 0 fully saturated rings. The lowest BCUT2D eigenvalue weighted by Crippen LogP contribution is -2.00. The first kappa shape index (κ1) is 10.2. The summed E-state index contributed by atoms with van der Waals surface area (Å²) in [6.45, 7) is 0. The van der Waals surface area contributed by atoms with Crippen LogP contribution in [0.5, 0.6) is 5.75 Å². The third kappa shape index (κ3) is 2.03. The topological polar surface area (TPSA) is 29.5 Å². The summed E-state index contributed by atoms with van der Waals surface area (Å²) in [5.74, 6) is 0.719. The predicted octanol–water partition coefficient (Wildman–Crippen LogP) is 2.84. The molecule has 3 heteroatoms. The lowest BCUT2D eigenvalue weighted by atomic mass is 10.0. The van der Waals surface area contributed by atoms with Gasteiger partial charge < -0.3 is 9.84 Å². The Kier molecular flexibility index (Phi) is 3.04. The molecule has 1 unspecified atom stereocenters. The van der Waals surface area contributed by atoms with Crippen LogP contribution in [0.2, 0.25) is 0 Å². The smallest absolute Gasteiger partial charge is 0.125 e. The standard InChI is InChI=1S/C12H12O2S/c1-14-11-5-3-2-4-10(11)12(13)9-6-7-15-8-9/h2-8,12-13H,1H3. The zero-order chi connectivity index (χ0) is 10.7. The van der Waals surface area contributed by atoms with Gasteiger partial charge in [0.05, 0.1) is 7.11 Å². The summed E-state index contributed by atoms with van der Waals surface area (Å²) >= 11 is 1.58. The normalized spacial score (nSPS) is 12.4. The fourth-order valence-corrected chi connectivity index (χ4v) is 2.18. The molecule has 2 aromatic rings. The molecular weight excluding hydrogens is 208 g/mol. The average molecular weight is 220 g/mol. The van der Waals surface area contributed by atoms with E-state index in [1.54, 1.807) is 18.4 Å². The van der Waals surface area contributed by atoms with E-state index in [9.17, 15) is 5.11 Å². The van der Waals surface area contributed by atoms with Crippen molar-refractivity contribution in [2.75, 3.05) is 7.11 Å². The zero-order valence-electron chi connectivity index (χ0n) is 8.38. The van der Waals surface area contributed by atoms with Crippen molar-refractivity contribution < 1.29 is 9.84 Å². The zero-order valence-corrected chi connectivity index (χ0v) is 9.20. The molecule has 0 saturated carbocycles. The Morgan fingerprint density at radius 1 is 1.27 bits per heavy atom. The van der Waals surface area contributed by atoms with Crippen LogP contribution in [0.1, 0.15) is 17.2 Å². The molecule has 1 aromatic carbocycles. The van der Waals surface area contributed by atoms with Crippen LogP contribution >= 0.6 is 11.3 Å². The molecule has 0 spiro atoms. The second kappa shape index (κ2) is 4.47. The summed E-state index contributed by atoms with van der Waals surface area (Å²) in [5, 5.41) is 14.0. The molecule has 0 aliphatic heterocycles. The molecule has 2 rings (SSSR count). The van der Waals surface area contributed by atoms with Gasteiger partial charge in [-0.25, -0.2) is 0 Å². The Morgan fingerprint density at radius 3 is 2.73 bits per heavy atom. The first-order valence-corrected chi connectivity index (χ1v) is 5.60. The van der Waals surface area contributed by atoms with Gasteiger partial charge in [0.1, 0.15) is 11.9 Å². The number of rotatable bonds is 3. The minimum Gasteiger partial charge on any atom is -0.496 e. The van der Waals surface area contributed by atoms with Crippen molar-refractivity contribution in [3.8, 4) is 5.75 Å². The summed E-state index contributed by atoms with van der Waals surface area (Å²) in [4.78, 5) is 0. The van der Waals surface area contributed by atoms with Crippen molar-refractivity contribution in [3.63, 3.8) is 0 Å². The van der Waals surface area contributed by atoms with Gasteiger partial charge in [-0.05, 0) is 28.5 Å². The van der Waals surface area contributed by atoms with E-state index in [4.69, 9.17) is 4.74 Å². The van der Waals surface area contributed by atoms with Crippen LogP contribution in [0.15, 0.2) is 41.1 Å². The molecule has 15 heavy (non-hydrogen) atoms. The van der Waals surface area contributed by atoms with Gasteiger partial charge in [-0.1, -0.05) is 18.2 Å². The largest absolute Gasteiger partial charge is 0.496 e. The van der Waals surface area contributed by atoms with Gasteiger partial charge >= 0.3 is 0 Å². The number of benzene rings is 1. The Balaban J connectivity index is 2.37. The van der Waals surface area contributed by atoms with Crippen LogP contribution in [-0.4, -0.2) is 12.2 Å². The van der Waals surface area contributed by atoms with E-state index in [1.807, 2.05) is 41.1 Å². The maximum Gasteiger partial charge on any atom is 0.125 e. The lowest BCUT2D eigenvalue weighted by molar-refractivity contribution is 0.215. The third-order valence-electron chi connectivity index (χ3n) is 2.29. The fraction of sp³-hybridized carbons (Fsp3) is 0.167. The maximum absolute atomic E-state index is 10.1. The molecule has 1 atom stereocenters. The molecular formula is C12H12O2S. The number of hydrogen-bond donors (Lipinski definition) is 1. The number of thiophene rings is 1. The predicted molar refractivity (Wildman–Crippen MR) is 61.4 cm³/mol. The van der Waals surface area contributed by atoms with E-state index < -0.39 is 6.10 Å². The molecule has 0 bridgehead atoms. The van der Waals surface area contributed by atoms with Crippen molar-refractivity contribution in [2.45, 2.75) is 6.10 Å². The second-order valence-corrected chi connectivity index (χ2v) is 3.98. The number of ether oxygens (including phenoxy) is 1. The highest BCUT2D eigenvalue weighted by Crippen LogP contribution is 2.30. The van der Waals surface area contributed by atoms with E-state index in [-0.39, 0.29) is 0 Å². The van der Waals surface area contributed by atoms with Gasteiger partial charge in [0.15, 0.2) is 0 Å². The van der Waals surface area contributed by atoms with Crippen molar-refractivity contribution in [1.29, 1.82) is 0 Å². The molecule has 1 N–H and O–H groups in total. The van der Waals surface area contributed by atoms with Crippen LogP contribution in [0.25, 0.3) is 0 Å². The monoisotopic (exact) mass is 220 g/mol. The van der Waals surface area contributed by atoms with E-state index in [2.05, 4.69) is 0 Å². The Morgan fingerprint density at radius 2 is 2.07 bits per heavy atom. The molecule has 0 aliphatic carbocycles. The summed E-state index contributed by atoms with van der Waals surface area (Å²) in [7, 11) is 1.61. The fourth-order valence-electron chi connectivity index (χ4n) is 1.50. The molecule has 0 amide bonds.